The maximum atomic E-state index is 12.5. The fourth-order valence-electron chi connectivity index (χ4n) is 3.67. The Hall–Kier alpha value is -3.67. The van der Waals surface area contributed by atoms with E-state index in [4.69, 9.17) is 9.47 Å². The van der Waals surface area contributed by atoms with E-state index in [1.54, 1.807) is 14.2 Å². The number of ether oxygens (including phenoxy) is 2. The summed E-state index contributed by atoms with van der Waals surface area (Å²) in [5, 5.41) is 3.81. The van der Waals surface area contributed by atoms with Gasteiger partial charge in [-0.05, 0) is 42.5 Å². The highest BCUT2D eigenvalue weighted by Gasteiger charge is 2.14. The molecule has 6 nitrogen and oxygen atoms in total. The molecule has 0 saturated carbocycles. The summed E-state index contributed by atoms with van der Waals surface area (Å²) in [6.45, 7) is 22.3. The van der Waals surface area contributed by atoms with Gasteiger partial charge in [0.1, 0.15) is 5.82 Å². The van der Waals surface area contributed by atoms with Crippen LogP contribution >= 0.6 is 0 Å². The summed E-state index contributed by atoms with van der Waals surface area (Å²) in [7, 11) is 3.23. The van der Waals surface area contributed by atoms with Gasteiger partial charge in [-0.25, -0.2) is 9.97 Å². The van der Waals surface area contributed by atoms with Crippen LogP contribution < -0.4 is 14.8 Å². The number of aryl methyl sites for hydroxylation is 1. The molecule has 2 aromatic carbocycles. The first kappa shape index (κ1) is 33.4. The van der Waals surface area contributed by atoms with Gasteiger partial charge in [-0.15, -0.1) is 0 Å². The third-order valence-corrected chi connectivity index (χ3v) is 6.02. The van der Waals surface area contributed by atoms with Crippen molar-refractivity contribution in [2.75, 3.05) is 14.2 Å². The van der Waals surface area contributed by atoms with Crippen LogP contribution in [-0.4, -0.2) is 30.1 Å². The Morgan fingerprint density at radius 3 is 2.03 bits per heavy atom. The third kappa shape index (κ3) is 9.86. The Bertz CT molecular complexity index is 1270. The van der Waals surface area contributed by atoms with Crippen molar-refractivity contribution in [3.05, 3.63) is 83.0 Å². The number of rotatable bonds is 8. The molecule has 39 heavy (non-hydrogen) atoms. The van der Waals surface area contributed by atoms with Crippen LogP contribution in [0.15, 0.2) is 60.3 Å². The summed E-state index contributed by atoms with van der Waals surface area (Å²) in [4.78, 5) is 21.7. The minimum Gasteiger partial charge on any atom is -0.493 e. The number of hydrogen-bond donors (Lipinski definition) is 1. The molecule has 0 unspecified atom stereocenters. The molecule has 0 aliphatic heterocycles. The highest BCUT2D eigenvalue weighted by molar-refractivity contribution is 5.85. The molecule has 212 valence electrons. The zero-order chi connectivity index (χ0) is 29.8. The number of carbonyl (C=O) groups is 1. The molecule has 0 aliphatic rings. The number of aromatic nitrogens is 2. The van der Waals surface area contributed by atoms with Crippen LogP contribution in [0.3, 0.4) is 0 Å². The molecule has 0 aliphatic carbocycles. The van der Waals surface area contributed by atoms with E-state index in [2.05, 4.69) is 42.6 Å². The van der Waals surface area contributed by atoms with Crippen molar-refractivity contribution in [1.82, 2.24) is 15.3 Å². The summed E-state index contributed by atoms with van der Waals surface area (Å²) < 4.78 is 10.9. The molecule has 1 aromatic heterocycles. The Labute approximate surface area is 235 Å². The summed E-state index contributed by atoms with van der Waals surface area (Å²) in [6, 6.07) is 11.8. The third-order valence-electron chi connectivity index (χ3n) is 6.02. The minimum atomic E-state index is -0.0841. The van der Waals surface area contributed by atoms with Crippen molar-refractivity contribution in [1.29, 1.82) is 0 Å². The summed E-state index contributed by atoms with van der Waals surface area (Å²) in [6.07, 6.45) is 2.85. The molecule has 1 amide bonds. The van der Waals surface area contributed by atoms with Gasteiger partial charge in [-0.3, -0.25) is 4.79 Å². The van der Waals surface area contributed by atoms with Crippen LogP contribution in [0.1, 0.15) is 78.0 Å². The molecular formula is C33H47N3O3. The molecule has 6 heteroatoms. The molecule has 0 bridgehead atoms. The Balaban J connectivity index is 0.00000181. The topological polar surface area (TPSA) is 73.3 Å². The van der Waals surface area contributed by atoms with Crippen molar-refractivity contribution in [3.63, 3.8) is 0 Å². The number of allylic oxidation sites excluding steroid dienone is 2. The lowest BCUT2D eigenvalue weighted by atomic mass is 9.87. The normalized spacial score (nSPS) is 11.0. The number of nitrogens with zero attached hydrogens (tertiary/aromatic N) is 2. The zero-order valence-electron chi connectivity index (χ0n) is 25.8. The van der Waals surface area contributed by atoms with Gasteiger partial charge < -0.3 is 14.8 Å². The summed E-state index contributed by atoms with van der Waals surface area (Å²) >= 11 is 0. The van der Waals surface area contributed by atoms with Crippen molar-refractivity contribution in [2.24, 2.45) is 5.41 Å². The van der Waals surface area contributed by atoms with E-state index in [0.717, 1.165) is 33.3 Å². The Kier molecular flexibility index (Phi) is 13.4. The quantitative estimate of drug-likeness (QED) is 0.300. The van der Waals surface area contributed by atoms with Crippen molar-refractivity contribution < 1.29 is 14.3 Å². The average molecular weight is 534 g/mol. The number of amides is 1. The van der Waals surface area contributed by atoms with Crippen LogP contribution in [0, 0.1) is 12.3 Å². The predicted molar refractivity (Wildman–Crippen MR) is 164 cm³/mol. The predicted octanol–water partition coefficient (Wildman–Crippen LogP) is 7.76. The van der Waals surface area contributed by atoms with Crippen molar-refractivity contribution in [2.45, 2.75) is 75.2 Å². The van der Waals surface area contributed by atoms with E-state index in [1.807, 2.05) is 84.0 Å². The number of methoxy groups -OCH3 is 2. The van der Waals surface area contributed by atoms with Crippen LogP contribution in [0.25, 0.3) is 10.9 Å². The van der Waals surface area contributed by atoms with E-state index < -0.39 is 0 Å². The van der Waals surface area contributed by atoms with Crippen LogP contribution in [0.5, 0.6) is 11.5 Å². The van der Waals surface area contributed by atoms with Gasteiger partial charge in [0.25, 0.3) is 0 Å². The number of nitrogens with one attached hydrogen (secondary N) is 1. The van der Waals surface area contributed by atoms with Gasteiger partial charge in [0.2, 0.25) is 5.91 Å². The highest BCUT2D eigenvalue weighted by atomic mass is 16.5. The SMILES string of the molecule is C=C(/C=C(\C)C(C)(C)C)NC(=O)Cc1ccc(Cc2nc(C)nc3cc(OC)c(OC)cc23)cc1.CC.CC. The Morgan fingerprint density at radius 2 is 1.49 bits per heavy atom. The maximum Gasteiger partial charge on any atom is 0.228 e. The summed E-state index contributed by atoms with van der Waals surface area (Å²) in [5.41, 5.74) is 5.56. The van der Waals surface area contributed by atoms with Crippen LogP contribution in [0.4, 0.5) is 0 Å². The lowest BCUT2D eigenvalue weighted by molar-refractivity contribution is -0.119. The van der Waals surface area contributed by atoms with Gasteiger partial charge in [-0.1, -0.05) is 84.9 Å². The molecule has 3 aromatic rings. The van der Waals surface area contributed by atoms with Crippen LogP contribution in [-0.2, 0) is 17.6 Å². The second kappa shape index (κ2) is 15.7. The molecule has 3 rings (SSSR count). The smallest absolute Gasteiger partial charge is 0.228 e. The summed E-state index contributed by atoms with van der Waals surface area (Å²) in [5.74, 6) is 1.89. The molecule has 1 N–H and O–H groups in total. The fourth-order valence-corrected chi connectivity index (χ4v) is 3.67. The Morgan fingerprint density at radius 1 is 0.949 bits per heavy atom. The first-order valence-electron chi connectivity index (χ1n) is 13.6. The number of benzene rings is 2. The van der Waals surface area contributed by atoms with Gasteiger partial charge >= 0.3 is 0 Å². The maximum absolute atomic E-state index is 12.5. The van der Waals surface area contributed by atoms with Crippen molar-refractivity contribution >= 4 is 16.8 Å². The van der Waals surface area contributed by atoms with E-state index >= 15 is 0 Å². The lowest BCUT2D eigenvalue weighted by Gasteiger charge is -2.20. The largest absolute Gasteiger partial charge is 0.493 e. The first-order chi connectivity index (χ1) is 18.5. The van der Waals surface area contributed by atoms with E-state index in [0.29, 0.717) is 29.4 Å². The minimum absolute atomic E-state index is 0.0359. The molecule has 0 radical (unpaired) electrons. The number of hydrogen-bond acceptors (Lipinski definition) is 5. The fraction of sp³-hybridized carbons (Fsp3) is 0.424. The second-order valence-corrected chi connectivity index (χ2v) is 9.76. The monoisotopic (exact) mass is 533 g/mol. The van der Waals surface area contributed by atoms with Gasteiger partial charge in [-0.2, -0.15) is 0 Å². The molecule has 0 atom stereocenters. The number of fused-ring (bicyclic) bond motifs is 1. The molecule has 0 saturated heterocycles. The lowest BCUT2D eigenvalue weighted by Crippen LogP contribution is -2.23. The van der Waals surface area contributed by atoms with Crippen molar-refractivity contribution in [3.8, 4) is 11.5 Å². The standard InChI is InChI=1S/C29H35N3O3.2C2H6/c1-18(29(4,5)6)13-19(2)30-28(33)15-22-11-9-21(10-12-22)14-24-23-16-26(34-7)27(35-8)17-25(23)32-20(3)31-24;2*1-2/h9-13,16-17H,2,14-15H2,1,3-8H3,(H,30,33);2*1-2H3/b18-13+;;. The van der Waals surface area contributed by atoms with Gasteiger partial charge in [0.05, 0.1) is 31.9 Å². The molecule has 0 fully saturated rings. The van der Waals surface area contributed by atoms with Crippen LogP contribution in [0.2, 0.25) is 0 Å². The zero-order valence-corrected chi connectivity index (χ0v) is 25.8. The van der Waals surface area contributed by atoms with Gasteiger partial charge in [0.15, 0.2) is 11.5 Å². The van der Waals surface area contributed by atoms with E-state index in [9.17, 15) is 4.79 Å². The molecule has 1 heterocycles. The molecular weight excluding hydrogens is 486 g/mol. The average Bonchev–Trinajstić information content (AvgIpc) is 2.90. The number of carbonyl (C=O) groups excluding carboxylic acids is 1. The van der Waals surface area contributed by atoms with Gasteiger partial charge in [0, 0.05) is 23.6 Å². The van der Waals surface area contributed by atoms with E-state index in [1.165, 1.54) is 0 Å². The van der Waals surface area contributed by atoms with E-state index in [-0.39, 0.29) is 17.7 Å². The first-order valence-corrected chi connectivity index (χ1v) is 13.6. The molecule has 0 spiro atoms. The second-order valence-electron chi connectivity index (χ2n) is 9.76. The highest BCUT2D eigenvalue weighted by Crippen LogP contribution is 2.33.